The Morgan fingerprint density at radius 3 is 2.24 bits per heavy atom. The van der Waals surface area contributed by atoms with Crippen molar-refractivity contribution < 1.29 is 42.9 Å². The van der Waals surface area contributed by atoms with Gasteiger partial charge >= 0.3 is 5.97 Å². The van der Waals surface area contributed by atoms with Crippen LogP contribution in [0.15, 0.2) is 42.5 Å². The number of ether oxygens (including phenoxy) is 5. The molecule has 0 aliphatic carbocycles. The molecule has 0 N–H and O–H groups in total. The molecule has 2 heterocycles. The van der Waals surface area contributed by atoms with E-state index < -0.39 is 29.7 Å². The second-order valence-corrected chi connectivity index (χ2v) is 10.0. The highest BCUT2D eigenvalue weighted by atomic mass is 16.5. The van der Waals surface area contributed by atoms with Gasteiger partial charge in [0.05, 0.1) is 46.6 Å². The van der Waals surface area contributed by atoms with Crippen LogP contribution in [0, 0.1) is 0 Å². The smallest absolute Gasteiger partial charge is 0.302 e. The number of Topliss-reactive ketones (excluding diaryl/α,β-unsaturated/α-hetero) is 1. The number of piperazine rings is 1. The van der Waals surface area contributed by atoms with Crippen molar-refractivity contribution in [3.8, 4) is 17.2 Å². The average Bonchev–Trinajstić information content (AvgIpc) is 2.99. The number of carbonyl (C=O) groups excluding carboxylic acids is 4. The molecule has 2 aromatic carbocycles. The molecule has 2 aliphatic heterocycles. The normalized spacial score (nSPS) is 18.9. The van der Waals surface area contributed by atoms with E-state index in [4.69, 9.17) is 23.7 Å². The van der Waals surface area contributed by atoms with E-state index in [1.165, 1.54) is 45.3 Å². The maximum Gasteiger partial charge on any atom is 0.302 e. The summed E-state index contributed by atoms with van der Waals surface area (Å²) in [6.45, 7) is 1.95. The Labute approximate surface area is 239 Å². The van der Waals surface area contributed by atoms with Crippen LogP contribution in [-0.2, 0) is 30.5 Å². The van der Waals surface area contributed by atoms with Crippen molar-refractivity contribution in [1.29, 1.82) is 0 Å². The molecule has 3 unspecified atom stereocenters. The van der Waals surface area contributed by atoms with E-state index in [0.29, 0.717) is 25.2 Å². The number of hydrogen-bond donors (Lipinski definition) is 0. The molecule has 41 heavy (non-hydrogen) atoms. The summed E-state index contributed by atoms with van der Waals surface area (Å²) >= 11 is 0. The van der Waals surface area contributed by atoms with E-state index in [-0.39, 0.29) is 48.8 Å². The third-order valence-corrected chi connectivity index (χ3v) is 7.42. The van der Waals surface area contributed by atoms with Gasteiger partial charge in [-0.15, -0.1) is 0 Å². The summed E-state index contributed by atoms with van der Waals surface area (Å²) in [6.07, 6.45) is 1.79. The zero-order valence-electron chi connectivity index (χ0n) is 23.8. The summed E-state index contributed by atoms with van der Waals surface area (Å²) in [5, 5.41) is 0. The first-order chi connectivity index (χ1) is 19.8. The Balaban J connectivity index is 1.53. The van der Waals surface area contributed by atoms with Crippen LogP contribution < -0.4 is 14.2 Å². The first-order valence-electron chi connectivity index (χ1n) is 13.5. The van der Waals surface area contributed by atoms with Crippen molar-refractivity contribution >= 4 is 23.6 Å². The van der Waals surface area contributed by atoms with E-state index in [1.54, 1.807) is 4.90 Å². The van der Waals surface area contributed by atoms with Gasteiger partial charge in [-0.3, -0.25) is 19.2 Å². The number of methoxy groups -OCH3 is 3. The van der Waals surface area contributed by atoms with Crippen molar-refractivity contribution in [2.24, 2.45) is 0 Å². The lowest BCUT2D eigenvalue weighted by Crippen LogP contribution is -2.68. The second kappa shape index (κ2) is 13.5. The monoisotopic (exact) mass is 568 g/mol. The first kappa shape index (κ1) is 29.9. The minimum absolute atomic E-state index is 0.0341. The van der Waals surface area contributed by atoms with Gasteiger partial charge in [0.25, 0.3) is 11.7 Å². The lowest BCUT2D eigenvalue weighted by atomic mass is 9.89. The molecule has 2 fully saturated rings. The number of rotatable bonds is 12. The van der Waals surface area contributed by atoms with Crippen LogP contribution in [0.5, 0.6) is 17.2 Å². The fraction of sp³-hybridized carbons (Fsp3) is 0.467. The molecule has 11 heteroatoms. The number of amides is 2. The lowest BCUT2D eigenvalue weighted by molar-refractivity contribution is -0.164. The van der Waals surface area contributed by atoms with Gasteiger partial charge in [0, 0.05) is 19.0 Å². The molecule has 0 saturated carbocycles. The van der Waals surface area contributed by atoms with Crippen LogP contribution in [0.25, 0.3) is 0 Å². The fourth-order valence-electron chi connectivity index (χ4n) is 5.43. The Morgan fingerprint density at radius 2 is 1.63 bits per heavy atom. The van der Waals surface area contributed by atoms with Gasteiger partial charge in [-0.05, 0) is 37.0 Å². The lowest BCUT2D eigenvalue weighted by Gasteiger charge is -2.50. The van der Waals surface area contributed by atoms with E-state index in [0.717, 1.165) is 12.0 Å². The maximum absolute atomic E-state index is 13.8. The Hall–Kier alpha value is -4.12. The van der Waals surface area contributed by atoms with Gasteiger partial charge in [-0.25, -0.2) is 0 Å². The molecular weight excluding hydrogens is 532 g/mol. The number of piperidine rings is 1. The van der Waals surface area contributed by atoms with E-state index >= 15 is 0 Å². The molecule has 2 aliphatic rings. The first-order valence-corrected chi connectivity index (χ1v) is 13.5. The van der Waals surface area contributed by atoms with Crippen molar-refractivity contribution in [3.63, 3.8) is 0 Å². The van der Waals surface area contributed by atoms with Crippen LogP contribution >= 0.6 is 0 Å². The molecule has 2 amide bonds. The molecular formula is C30H36N2O9. The van der Waals surface area contributed by atoms with Gasteiger partial charge in [0.1, 0.15) is 12.6 Å². The highest BCUT2D eigenvalue weighted by molar-refractivity contribution is 6.43. The molecule has 0 aromatic heterocycles. The number of fused-ring (bicyclic) bond motifs is 2. The third kappa shape index (κ3) is 6.62. The van der Waals surface area contributed by atoms with Crippen LogP contribution in [0.3, 0.4) is 0 Å². The quantitative estimate of drug-likeness (QED) is 0.216. The van der Waals surface area contributed by atoms with Crippen molar-refractivity contribution in [2.75, 3.05) is 41.1 Å². The number of esters is 1. The van der Waals surface area contributed by atoms with E-state index in [2.05, 4.69) is 0 Å². The SMILES string of the molecule is COc1cc(C(=O)C(=O)N2C3CCCC2C(=O)N(C(COCc2ccccc2)COC(C)=O)C3)cc(OC)c1OC. The maximum atomic E-state index is 13.8. The fourth-order valence-corrected chi connectivity index (χ4v) is 5.43. The molecule has 3 atom stereocenters. The van der Waals surface area contributed by atoms with E-state index in [1.807, 2.05) is 30.3 Å². The number of carbonyl (C=O) groups is 4. The number of likely N-dealkylation sites (tertiary alicyclic amines) is 1. The third-order valence-electron chi connectivity index (χ3n) is 7.42. The predicted octanol–water partition coefficient (Wildman–Crippen LogP) is 2.64. The molecule has 0 spiro atoms. The van der Waals surface area contributed by atoms with Gasteiger partial charge < -0.3 is 33.5 Å². The Morgan fingerprint density at radius 1 is 0.951 bits per heavy atom. The highest BCUT2D eigenvalue weighted by Gasteiger charge is 2.48. The minimum atomic E-state index is -0.810. The van der Waals surface area contributed by atoms with Gasteiger partial charge in [-0.2, -0.15) is 0 Å². The number of nitrogens with zero attached hydrogens (tertiary/aromatic N) is 2. The largest absolute Gasteiger partial charge is 0.493 e. The van der Waals surface area contributed by atoms with Crippen LogP contribution in [0.1, 0.15) is 42.1 Å². The molecule has 0 radical (unpaired) electrons. The zero-order chi connectivity index (χ0) is 29.5. The number of ketones is 1. The summed E-state index contributed by atoms with van der Waals surface area (Å²) in [4.78, 5) is 55.5. The van der Waals surface area contributed by atoms with Crippen molar-refractivity contribution in [3.05, 3.63) is 53.6 Å². The topological polar surface area (TPSA) is 121 Å². The number of hydrogen-bond acceptors (Lipinski definition) is 9. The van der Waals surface area contributed by atoms with Crippen molar-refractivity contribution in [2.45, 2.75) is 50.9 Å². The molecule has 11 nitrogen and oxygen atoms in total. The summed E-state index contributed by atoms with van der Waals surface area (Å²) in [5.74, 6) is -1.51. The number of benzene rings is 2. The summed E-state index contributed by atoms with van der Waals surface area (Å²) in [5.41, 5.74) is 1.04. The Bertz CT molecular complexity index is 1240. The predicted molar refractivity (Wildman–Crippen MR) is 147 cm³/mol. The molecule has 2 aromatic rings. The standard InChI is InChI=1S/C30H36N2O9/c1-19(33)41-18-23(17-40-16-20-9-6-5-7-10-20)31-15-22-11-8-12-24(29(31)35)32(22)30(36)27(34)21-13-25(37-2)28(39-4)26(14-21)38-3/h5-7,9-10,13-14,22-24H,8,11-12,15-18H2,1-4H3. The van der Waals surface area contributed by atoms with Crippen LogP contribution in [0.2, 0.25) is 0 Å². The molecule has 4 rings (SSSR count). The Kier molecular flexibility index (Phi) is 9.82. The summed E-state index contributed by atoms with van der Waals surface area (Å²) < 4.78 is 27.2. The van der Waals surface area contributed by atoms with Gasteiger partial charge in [0.15, 0.2) is 11.5 Å². The molecule has 2 saturated heterocycles. The van der Waals surface area contributed by atoms with Gasteiger partial charge in [-0.1, -0.05) is 30.3 Å². The van der Waals surface area contributed by atoms with Gasteiger partial charge in [0.2, 0.25) is 11.7 Å². The highest BCUT2D eigenvalue weighted by Crippen LogP contribution is 2.39. The zero-order valence-corrected chi connectivity index (χ0v) is 23.8. The molecule has 2 bridgehead atoms. The minimum Gasteiger partial charge on any atom is -0.493 e. The van der Waals surface area contributed by atoms with Crippen LogP contribution in [0.4, 0.5) is 0 Å². The second-order valence-electron chi connectivity index (χ2n) is 10.0. The van der Waals surface area contributed by atoms with E-state index in [9.17, 15) is 19.2 Å². The van der Waals surface area contributed by atoms with Crippen molar-refractivity contribution in [1.82, 2.24) is 9.80 Å². The average molecular weight is 569 g/mol. The molecule has 220 valence electrons. The summed E-state index contributed by atoms with van der Waals surface area (Å²) in [7, 11) is 4.29. The van der Waals surface area contributed by atoms with Crippen LogP contribution in [-0.4, -0.2) is 92.6 Å². The summed E-state index contributed by atoms with van der Waals surface area (Å²) in [6, 6.07) is 10.7.